The molecule has 1 unspecified atom stereocenters. The molecule has 0 spiro atoms. The molecule has 0 heterocycles. The maximum atomic E-state index is 10.6. The molecule has 0 aromatic heterocycles. The molecule has 0 rings (SSSR count). The number of alkyl halides is 1. The van der Waals surface area contributed by atoms with E-state index in [0.717, 1.165) is 0 Å². The highest BCUT2D eigenvalue weighted by molar-refractivity contribution is 6.23. The van der Waals surface area contributed by atoms with Gasteiger partial charge in [0.1, 0.15) is 0 Å². The third-order valence-corrected chi connectivity index (χ3v) is 1.93. The van der Waals surface area contributed by atoms with Gasteiger partial charge in [0, 0.05) is 11.8 Å². The molecule has 68 valence electrons. The zero-order valence-electron chi connectivity index (χ0n) is 7.77. The second-order valence-electron chi connectivity index (χ2n) is 3.05. The molecule has 0 saturated heterocycles. The summed E-state index contributed by atoms with van der Waals surface area (Å²) in [5, 5.41) is 0. The molecule has 0 bridgehead atoms. The summed E-state index contributed by atoms with van der Waals surface area (Å²) < 4.78 is 4.36. The standard InChI is InChI=1S/C9H13ClO2/c1-7(9(2,3)10)5-6-8(11)12-4/h7H,1-4H3. The average Bonchev–Trinajstić information content (AvgIpc) is 1.97. The second kappa shape index (κ2) is 4.37. The van der Waals surface area contributed by atoms with Crippen LogP contribution in [0.1, 0.15) is 20.8 Å². The minimum absolute atomic E-state index is 0.0433. The number of rotatable bonds is 1. The van der Waals surface area contributed by atoms with Crippen molar-refractivity contribution in [3.63, 3.8) is 0 Å². The van der Waals surface area contributed by atoms with Gasteiger partial charge in [0.25, 0.3) is 0 Å². The lowest BCUT2D eigenvalue weighted by Gasteiger charge is -2.18. The van der Waals surface area contributed by atoms with E-state index in [9.17, 15) is 4.79 Å². The number of hydrogen-bond donors (Lipinski definition) is 0. The third kappa shape index (κ3) is 4.25. The summed E-state index contributed by atoms with van der Waals surface area (Å²) >= 11 is 5.96. The molecule has 0 saturated carbocycles. The highest BCUT2D eigenvalue weighted by atomic mass is 35.5. The number of hydrogen-bond acceptors (Lipinski definition) is 2. The van der Waals surface area contributed by atoms with E-state index in [2.05, 4.69) is 16.6 Å². The Balaban J connectivity index is 4.23. The smallest absolute Gasteiger partial charge is 0.384 e. The third-order valence-electron chi connectivity index (χ3n) is 1.61. The van der Waals surface area contributed by atoms with Crippen molar-refractivity contribution in [1.29, 1.82) is 0 Å². The van der Waals surface area contributed by atoms with Crippen LogP contribution in [0.2, 0.25) is 0 Å². The molecule has 0 fully saturated rings. The lowest BCUT2D eigenvalue weighted by atomic mass is 9.98. The Morgan fingerprint density at radius 3 is 2.42 bits per heavy atom. The van der Waals surface area contributed by atoms with Gasteiger partial charge in [0.2, 0.25) is 0 Å². The molecular weight excluding hydrogens is 176 g/mol. The van der Waals surface area contributed by atoms with Gasteiger partial charge in [-0.15, -0.1) is 11.6 Å². The highest BCUT2D eigenvalue weighted by Gasteiger charge is 2.20. The van der Waals surface area contributed by atoms with Gasteiger partial charge in [0.05, 0.1) is 12.0 Å². The van der Waals surface area contributed by atoms with Gasteiger partial charge in [-0.1, -0.05) is 5.92 Å². The number of carbonyl (C=O) groups is 1. The largest absolute Gasteiger partial charge is 0.459 e. The average molecular weight is 189 g/mol. The molecule has 0 aromatic rings. The zero-order valence-corrected chi connectivity index (χ0v) is 8.53. The first-order valence-electron chi connectivity index (χ1n) is 3.66. The lowest BCUT2D eigenvalue weighted by molar-refractivity contribution is -0.133. The molecule has 0 aliphatic rings. The Labute approximate surface area is 78.2 Å². The van der Waals surface area contributed by atoms with Crippen molar-refractivity contribution in [3.05, 3.63) is 0 Å². The summed E-state index contributed by atoms with van der Waals surface area (Å²) in [6.45, 7) is 5.57. The van der Waals surface area contributed by atoms with E-state index in [1.54, 1.807) is 0 Å². The van der Waals surface area contributed by atoms with Crippen molar-refractivity contribution in [3.8, 4) is 11.8 Å². The van der Waals surface area contributed by atoms with Crippen LogP contribution in [0.4, 0.5) is 0 Å². The number of methoxy groups -OCH3 is 1. The van der Waals surface area contributed by atoms with Crippen LogP contribution in [0.15, 0.2) is 0 Å². The fraction of sp³-hybridized carbons (Fsp3) is 0.667. The van der Waals surface area contributed by atoms with Crippen molar-refractivity contribution >= 4 is 17.6 Å². The van der Waals surface area contributed by atoms with E-state index in [-0.39, 0.29) is 5.92 Å². The normalized spacial score (nSPS) is 12.8. The lowest BCUT2D eigenvalue weighted by Crippen LogP contribution is -2.20. The van der Waals surface area contributed by atoms with Crippen molar-refractivity contribution < 1.29 is 9.53 Å². The summed E-state index contributed by atoms with van der Waals surface area (Å²) in [6.07, 6.45) is 0. The van der Waals surface area contributed by atoms with Crippen LogP contribution < -0.4 is 0 Å². The molecule has 0 radical (unpaired) electrons. The summed E-state index contributed by atoms with van der Waals surface area (Å²) in [6, 6.07) is 0. The van der Waals surface area contributed by atoms with Crippen molar-refractivity contribution in [1.82, 2.24) is 0 Å². The van der Waals surface area contributed by atoms with E-state index in [0.29, 0.717) is 0 Å². The predicted molar refractivity (Wildman–Crippen MR) is 48.9 cm³/mol. The Kier molecular flexibility index (Phi) is 4.12. The Morgan fingerprint density at radius 2 is 2.08 bits per heavy atom. The molecule has 12 heavy (non-hydrogen) atoms. The van der Waals surface area contributed by atoms with Gasteiger partial charge in [-0.25, -0.2) is 4.79 Å². The fourth-order valence-corrected chi connectivity index (χ4v) is 0.444. The Morgan fingerprint density at radius 1 is 1.58 bits per heavy atom. The summed E-state index contributed by atoms with van der Waals surface area (Å²) in [5.74, 6) is 4.49. The maximum absolute atomic E-state index is 10.6. The van der Waals surface area contributed by atoms with Crippen molar-refractivity contribution in [2.75, 3.05) is 7.11 Å². The molecular formula is C9H13ClO2. The topological polar surface area (TPSA) is 26.3 Å². The van der Waals surface area contributed by atoms with E-state index < -0.39 is 10.8 Å². The van der Waals surface area contributed by atoms with Gasteiger partial charge in [0.15, 0.2) is 0 Å². The SMILES string of the molecule is COC(=O)C#CC(C)C(C)(C)Cl. The fourth-order valence-electron chi connectivity index (χ4n) is 0.390. The molecule has 3 heteroatoms. The van der Waals surface area contributed by atoms with Crippen molar-refractivity contribution in [2.45, 2.75) is 25.6 Å². The van der Waals surface area contributed by atoms with E-state index >= 15 is 0 Å². The van der Waals surface area contributed by atoms with Gasteiger partial charge in [-0.2, -0.15) is 0 Å². The molecule has 0 N–H and O–H groups in total. The molecule has 0 amide bonds. The van der Waals surface area contributed by atoms with Gasteiger partial charge < -0.3 is 4.74 Å². The highest BCUT2D eigenvalue weighted by Crippen LogP contribution is 2.22. The Bertz CT molecular complexity index is 217. The first kappa shape index (κ1) is 11.3. The summed E-state index contributed by atoms with van der Waals surface area (Å²) in [4.78, 5) is 10.2. The monoisotopic (exact) mass is 188 g/mol. The molecule has 1 atom stereocenters. The first-order valence-corrected chi connectivity index (χ1v) is 4.04. The van der Waals surface area contributed by atoms with Crippen molar-refractivity contribution in [2.24, 2.45) is 5.92 Å². The number of esters is 1. The van der Waals surface area contributed by atoms with Crippen LogP contribution in [-0.2, 0) is 9.53 Å². The molecule has 0 aromatic carbocycles. The van der Waals surface area contributed by atoms with Crippen LogP contribution in [0.5, 0.6) is 0 Å². The van der Waals surface area contributed by atoms with E-state index in [1.165, 1.54) is 7.11 Å². The minimum atomic E-state index is -0.525. The number of halogens is 1. The van der Waals surface area contributed by atoms with Gasteiger partial charge in [-0.05, 0) is 20.8 Å². The molecule has 2 nitrogen and oxygen atoms in total. The van der Waals surface area contributed by atoms with Crippen LogP contribution in [0.25, 0.3) is 0 Å². The number of ether oxygens (including phenoxy) is 1. The predicted octanol–water partition coefficient (Wildman–Crippen LogP) is 1.82. The quantitative estimate of drug-likeness (QED) is 0.272. The molecule has 0 aliphatic heterocycles. The van der Waals surface area contributed by atoms with E-state index in [4.69, 9.17) is 11.6 Å². The number of carbonyl (C=O) groups excluding carboxylic acids is 1. The van der Waals surface area contributed by atoms with Crippen LogP contribution >= 0.6 is 11.6 Å². The van der Waals surface area contributed by atoms with Crippen LogP contribution in [-0.4, -0.2) is 18.0 Å². The zero-order chi connectivity index (χ0) is 9.78. The van der Waals surface area contributed by atoms with E-state index in [1.807, 2.05) is 20.8 Å². The second-order valence-corrected chi connectivity index (χ2v) is 4.02. The molecule has 0 aliphatic carbocycles. The first-order chi connectivity index (χ1) is 5.38. The van der Waals surface area contributed by atoms with Crippen LogP contribution in [0.3, 0.4) is 0 Å². The Hall–Kier alpha value is -0.680. The summed E-state index contributed by atoms with van der Waals surface area (Å²) in [7, 11) is 1.30. The van der Waals surface area contributed by atoms with Gasteiger partial charge >= 0.3 is 5.97 Å². The van der Waals surface area contributed by atoms with Gasteiger partial charge in [-0.3, -0.25) is 0 Å². The maximum Gasteiger partial charge on any atom is 0.384 e. The summed E-state index contributed by atoms with van der Waals surface area (Å²) in [5.41, 5.74) is 0. The van der Waals surface area contributed by atoms with Crippen LogP contribution in [0, 0.1) is 17.8 Å². The minimum Gasteiger partial charge on any atom is -0.459 e.